The van der Waals surface area contributed by atoms with Crippen LogP contribution in [0.25, 0.3) is 0 Å². The highest BCUT2D eigenvalue weighted by atomic mass is 16.2. The summed E-state index contributed by atoms with van der Waals surface area (Å²) in [6.07, 6.45) is 0.868. The number of rotatable bonds is 5. The van der Waals surface area contributed by atoms with Crippen molar-refractivity contribution in [3.05, 3.63) is 35.9 Å². The van der Waals surface area contributed by atoms with E-state index in [1.165, 1.54) is 0 Å². The molecule has 0 heterocycles. The van der Waals surface area contributed by atoms with E-state index in [4.69, 9.17) is 0 Å². The summed E-state index contributed by atoms with van der Waals surface area (Å²) in [6, 6.07) is 9.38. The summed E-state index contributed by atoms with van der Waals surface area (Å²) in [4.78, 5) is 23.2. The fraction of sp³-hybridized carbons (Fsp3) is 0.467. The maximum atomic E-state index is 11.7. The van der Waals surface area contributed by atoms with Gasteiger partial charge in [0.05, 0.1) is 6.04 Å². The predicted octanol–water partition coefficient (Wildman–Crippen LogP) is 2.03. The standard InChI is InChI=1S/C15H22N2O2/c1-11(2)9-10-16-14(18)15(19)17-12(3)13-7-5-4-6-8-13/h4-8,11-12H,9-10H2,1-3H3,(H,16,18)(H,17,19)/t12-/m0/s1. The Morgan fingerprint density at radius 3 is 2.26 bits per heavy atom. The van der Waals surface area contributed by atoms with Gasteiger partial charge in [0.2, 0.25) is 0 Å². The fourth-order valence-corrected chi connectivity index (χ4v) is 1.64. The van der Waals surface area contributed by atoms with E-state index in [1.54, 1.807) is 0 Å². The summed E-state index contributed by atoms with van der Waals surface area (Å²) in [5.41, 5.74) is 0.978. The van der Waals surface area contributed by atoms with E-state index in [-0.39, 0.29) is 6.04 Å². The summed E-state index contributed by atoms with van der Waals surface area (Å²) in [6.45, 7) is 6.53. The molecule has 4 nitrogen and oxygen atoms in total. The van der Waals surface area contributed by atoms with Gasteiger partial charge in [0.1, 0.15) is 0 Å². The first-order valence-corrected chi connectivity index (χ1v) is 6.64. The lowest BCUT2D eigenvalue weighted by molar-refractivity contribution is -0.139. The Hall–Kier alpha value is -1.84. The van der Waals surface area contributed by atoms with Crippen LogP contribution < -0.4 is 10.6 Å². The highest BCUT2D eigenvalue weighted by molar-refractivity contribution is 6.35. The molecular weight excluding hydrogens is 240 g/mol. The number of carbonyl (C=O) groups is 2. The summed E-state index contributed by atoms with van der Waals surface area (Å²) in [7, 11) is 0. The number of hydrogen-bond acceptors (Lipinski definition) is 2. The van der Waals surface area contributed by atoms with Gasteiger partial charge in [-0.1, -0.05) is 44.2 Å². The normalized spacial score (nSPS) is 12.0. The SMILES string of the molecule is CC(C)CCNC(=O)C(=O)N[C@@H](C)c1ccccc1. The molecule has 0 fully saturated rings. The second-order valence-corrected chi connectivity index (χ2v) is 5.04. The summed E-state index contributed by atoms with van der Waals surface area (Å²) in [5, 5.41) is 5.30. The molecule has 0 saturated carbocycles. The molecule has 2 N–H and O–H groups in total. The molecule has 0 aliphatic heterocycles. The van der Waals surface area contributed by atoms with Crippen molar-refractivity contribution >= 4 is 11.8 Å². The molecule has 0 bridgehead atoms. The van der Waals surface area contributed by atoms with Crippen molar-refractivity contribution in [2.24, 2.45) is 5.92 Å². The van der Waals surface area contributed by atoms with Gasteiger partial charge < -0.3 is 10.6 Å². The van der Waals surface area contributed by atoms with E-state index in [0.717, 1.165) is 12.0 Å². The topological polar surface area (TPSA) is 58.2 Å². The lowest BCUT2D eigenvalue weighted by atomic mass is 10.1. The zero-order valence-corrected chi connectivity index (χ0v) is 11.8. The lowest BCUT2D eigenvalue weighted by Gasteiger charge is -2.14. The maximum absolute atomic E-state index is 11.7. The van der Waals surface area contributed by atoms with Crippen molar-refractivity contribution in [1.29, 1.82) is 0 Å². The minimum absolute atomic E-state index is 0.176. The second-order valence-electron chi connectivity index (χ2n) is 5.04. The van der Waals surface area contributed by atoms with Crippen molar-refractivity contribution in [2.75, 3.05) is 6.54 Å². The zero-order valence-electron chi connectivity index (χ0n) is 11.8. The molecule has 2 amide bonds. The predicted molar refractivity (Wildman–Crippen MR) is 75.5 cm³/mol. The first-order chi connectivity index (χ1) is 9.00. The van der Waals surface area contributed by atoms with E-state index in [1.807, 2.05) is 37.3 Å². The summed E-state index contributed by atoms with van der Waals surface area (Å²) >= 11 is 0. The van der Waals surface area contributed by atoms with Crippen LogP contribution in [0.3, 0.4) is 0 Å². The van der Waals surface area contributed by atoms with Crippen LogP contribution in [0.4, 0.5) is 0 Å². The Morgan fingerprint density at radius 1 is 1.05 bits per heavy atom. The van der Waals surface area contributed by atoms with Gasteiger partial charge in [-0.2, -0.15) is 0 Å². The molecule has 1 aromatic carbocycles. The Bertz CT molecular complexity index is 415. The minimum atomic E-state index is -0.583. The number of amides is 2. The largest absolute Gasteiger partial charge is 0.348 e. The third kappa shape index (κ3) is 5.55. The molecule has 0 unspecified atom stereocenters. The monoisotopic (exact) mass is 262 g/mol. The van der Waals surface area contributed by atoms with Gasteiger partial charge in [-0.15, -0.1) is 0 Å². The van der Waals surface area contributed by atoms with E-state index in [9.17, 15) is 9.59 Å². The average molecular weight is 262 g/mol. The van der Waals surface area contributed by atoms with Gasteiger partial charge in [-0.3, -0.25) is 9.59 Å². The molecule has 0 saturated heterocycles. The highest BCUT2D eigenvalue weighted by Gasteiger charge is 2.16. The minimum Gasteiger partial charge on any atom is -0.348 e. The summed E-state index contributed by atoms with van der Waals surface area (Å²) < 4.78 is 0. The van der Waals surface area contributed by atoms with Gasteiger partial charge in [-0.05, 0) is 24.8 Å². The van der Waals surface area contributed by atoms with Crippen LogP contribution >= 0.6 is 0 Å². The van der Waals surface area contributed by atoms with E-state index in [0.29, 0.717) is 12.5 Å². The van der Waals surface area contributed by atoms with Crippen LogP contribution in [-0.2, 0) is 9.59 Å². The summed E-state index contributed by atoms with van der Waals surface area (Å²) in [5.74, 6) is -0.643. The Morgan fingerprint density at radius 2 is 1.68 bits per heavy atom. The molecule has 1 atom stereocenters. The van der Waals surface area contributed by atoms with Crippen molar-refractivity contribution in [3.8, 4) is 0 Å². The molecule has 0 aromatic heterocycles. The second kappa shape index (κ2) is 7.56. The molecule has 1 aromatic rings. The molecule has 19 heavy (non-hydrogen) atoms. The van der Waals surface area contributed by atoms with Crippen LogP contribution in [0.1, 0.15) is 38.8 Å². The number of nitrogens with one attached hydrogen (secondary N) is 2. The van der Waals surface area contributed by atoms with Crippen LogP contribution in [0.15, 0.2) is 30.3 Å². The molecule has 0 radical (unpaired) electrons. The Kier molecular flexibility index (Phi) is 6.06. The highest BCUT2D eigenvalue weighted by Crippen LogP contribution is 2.10. The molecule has 0 aliphatic rings. The first kappa shape index (κ1) is 15.2. The van der Waals surface area contributed by atoms with Gasteiger partial charge >= 0.3 is 11.8 Å². The molecule has 104 valence electrons. The van der Waals surface area contributed by atoms with Crippen LogP contribution in [0, 0.1) is 5.92 Å². The number of carbonyl (C=O) groups excluding carboxylic acids is 2. The van der Waals surface area contributed by atoms with Crippen molar-refractivity contribution < 1.29 is 9.59 Å². The molecule has 0 spiro atoms. The Labute approximate surface area is 114 Å². The van der Waals surface area contributed by atoms with Crippen LogP contribution in [-0.4, -0.2) is 18.4 Å². The van der Waals surface area contributed by atoms with E-state index < -0.39 is 11.8 Å². The number of benzene rings is 1. The molecular formula is C15H22N2O2. The van der Waals surface area contributed by atoms with Gasteiger partial charge in [0, 0.05) is 6.54 Å². The first-order valence-electron chi connectivity index (χ1n) is 6.64. The third-order valence-electron chi connectivity index (χ3n) is 2.86. The Balaban J connectivity index is 2.40. The lowest BCUT2D eigenvalue weighted by Crippen LogP contribution is -2.41. The third-order valence-corrected chi connectivity index (χ3v) is 2.86. The smallest absolute Gasteiger partial charge is 0.309 e. The zero-order chi connectivity index (χ0) is 14.3. The quantitative estimate of drug-likeness (QED) is 0.798. The van der Waals surface area contributed by atoms with E-state index in [2.05, 4.69) is 24.5 Å². The molecule has 1 rings (SSSR count). The maximum Gasteiger partial charge on any atom is 0.309 e. The van der Waals surface area contributed by atoms with Crippen LogP contribution in [0.2, 0.25) is 0 Å². The molecule has 0 aliphatic carbocycles. The number of hydrogen-bond donors (Lipinski definition) is 2. The van der Waals surface area contributed by atoms with Crippen LogP contribution in [0.5, 0.6) is 0 Å². The van der Waals surface area contributed by atoms with Crippen molar-refractivity contribution in [3.63, 3.8) is 0 Å². The van der Waals surface area contributed by atoms with Gasteiger partial charge in [-0.25, -0.2) is 0 Å². The average Bonchev–Trinajstić information content (AvgIpc) is 2.39. The van der Waals surface area contributed by atoms with E-state index >= 15 is 0 Å². The molecule has 4 heteroatoms. The van der Waals surface area contributed by atoms with Gasteiger partial charge in [0.25, 0.3) is 0 Å². The van der Waals surface area contributed by atoms with Crippen molar-refractivity contribution in [1.82, 2.24) is 10.6 Å². The fourth-order valence-electron chi connectivity index (χ4n) is 1.64. The van der Waals surface area contributed by atoms with Gasteiger partial charge in [0.15, 0.2) is 0 Å². The van der Waals surface area contributed by atoms with Crippen molar-refractivity contribution in [2.45, 2.75) is 33.2 Å².